The van der Waals surface area contributed by atoms with Gasteiger partial charge in [-0.15, -0.1) is 0 Å². The van der Waals surface area contributed by atoms with Crippen molar-refractivity contribution in [3.63, 3.8) is 0 Å². The van der Waals surface area contributed by atoms with Crippen LogP contribution in [0.15, 0.2) is 0 Å². The molecule has 0 aliphatic heterocycles. The summed E-state index contributed by atoms with van der Waals surface area (Å²) in [4.78, 5) is 44.4. The van der Waals surface area contributed by atoms with E-state index in [0.717, 1.165) is 25.7 Å². The van der Waals surface area contributed by atoms with Crippen molar-refractivity contribution in [3.05, 3.63) is 6.92 Å². The number of aliphatic hydroxyl groups is 1. The molecule has 0 rings (SSSR count). The van der Waals surface area contributed by atoms with Gasteiger partial charge in [-0.05, 0) is 57.8 Å². The smallest absolute Gasteiger partial charge is 0.306 e. The molecule has 0 fully saturated rings. The van der Waals surface area contributed by atoms with Crippen LogP contribution in [0, 0.1) is 6.92 Å². The van der Waals surface area contributed by atoms with E-state index < -0.39 is 18.0 Å². The van der Waals surface area contributed by atoms with Crippen LogP contribution >= 0.6 is 23.5 Å². The van der Waals surface area contributed by atoms with Crippen molar-refractivity contribution in [2.75, 3.05) is 38.4 Å². The van der Waals surface area contributed by atoms with E-state index in [1.807, 2.05) is 6.29 Å². The van der Waals surface area contributed by atoms with E-state index >= 15 is 0 Å². The Morgan fingerprint density at radius 3 is 1.86 bits per heavy atom. The Balaban J connectivity index is -0.00000186. The van der Waals surface area contributed by atoms with Crippen LogP contribution in [0.1, 0.15) is 104 Å². The van der Waals surface area contributed by atoms with Gasteiger partial charge in [0.05, 0.1) is 32.2 Å². The van der Waals surface area contributed by atoms with Crippen LogP contribution < -0.4 is 0 Å². The Kier molecular flexibility index (Phi) is 39.0. The van der Waals surface area contributed by atoms with Gasteiger partial charge in [-0.25, -0.2) is 0 Å². The maximum absolute atomic E-state index is 12.4. The van der Waals surface area contributed by atoms with E-state index in [1.165, 1.54) is 0 Å². The molecule has 0 aliphatic rings. The first-order valence-electron chi connectivity index (χ1n) is 15.4. The molecule has 0 aromatic heterocycles. The van der Waals surface area contributed by atoms with E-state index in [2.05, 4.69) is 20.8 Å². The molecule has 1 radical (unpaired) electrons. The summed E-state index contributed by atoms with van der Waals surface area (Å²) in [5.74, 6) is -0.778. The molecule has 0 heterocycles. The summed E-state index contributed by atoms with van der Waals surface area (Å²) in [5, 5.41) is 28.5. The summed E-state index contributed by atoms with van der Waals surface area (Å²) in [5.41, 5.74) is 0. The van der Waals surface area contributed by atoms with Crippen LogP contribution in [-0.4, -0.2) is 101 Å². The van der Waals surface area contributed by atoms with E-state index in [1.54, 1.807) is 30.6 Å². The fraction of sp³-hybridized carbons (Fsp3) is 0.839. The van der Waals surface area contributed by atoms with Gasteiger partial charge >= 0.3 is 17.9 Å². The number of aliphatic hydroxyl groups excluding tert-OH is 1. The van der Waals surface area contributed by atoms with E-state index in [0.29, 0.717) is 86.8 Å². The quantitative estimate of drug-likeness (QED) is 0.0488. The number of carbonyl (C=O) groups excluding carboxylic acids is 2. The number of thioether (sulfide) groups is 2. The zero-order valence-corrected chi connectivity index (χ0v) is 31.5. The second kappa shape index (κ2) is 35.6. The molecular formula is C31H56O10S2Y-2. The van der Waals surface area contributed by atoms with Gasteiger partial charge in [0.25, 0.3) is 0 Å². The van der Waals surface area contributed by atoms with Crippen LogP contribution in [0.4, 0.5) is 0 Å². The molecule has 4 atom stereocenters. The Bertz CT molecular complexity index is 698. The van der Waals surface area contributed by atoms with Crippen molar-refractivity contribution in [3.8, 4) is 0 Å². The van der Waals surface area contributed by atoms with Crippen molar-refractivity contribution in [2.45, 2.75) is 126 Å². The predicted molar refractivity (Wildman–Crippen MR) is 173 cm³/mol. The summed E-state index contributed by atoms with van der Waals surface area (Å²) >= 11 is 3.26. The maximum atomic E-state index is 12.4. The van der Waals surface area contributed by atoms with Crippen molar-refractivity contribution in [1.82, 2.24) is 0 Å². The third-order valence-corrected chi connectivity index (χ3v) is 9.44. The molecule has 0 bridgehead atoms. The monoisotopic (exact) mass is 741 g/mol. The predicted octanol–water partition coefficient (Wildman–Crippen LogP) is 5.72. The number of carboxylic acid groups (broad SMARTS) is 2. The summed E-state index contributed by atoms with van der Waals surface area (Å²) in [6.45, 7) is 9.44. The molecule has 3 N–H and O–H groups in total. The number of methoxy groups -OCH3 is 1. The first-order valence-corrected chi connectivity index (χ1v) is 17.5. The second-order valence-electron chi connectivity index (χ2n) is 10.0. The zero-order chi connectivity index (χ0) is 32.7. The Morgan fingerprint density at radius 2 is 1.39 bits per heavy atom. The maximum Gasteiger partial charge on any atom is 0.306 e. The van der Waals surface area contributed by atoms with Gasteiger partial charge in [0, 0.05) is 68.2 Å². The van der Waals surface area contributed by atoms with Crippen LogP contribution in [0.5, 0.6) is 0 Å². The minimum absolute atomic E-state index is 0. The van der Waals surface area contributed by atoms with Crippen molar-refractivity contribution >= 4 is 47.7 Å². The van der Waals surface area contributed by atoms with Gasteiger partial charge in [-0.3, -0.25) is 20.7 Å². The largest absolute Gasteiger partial charge is 0.542 e. The molecule has 44 heavy (non-hydrogen) atoms. The number of carboxylic acids is 2. The first-order chi connectivity index (χ1) is 20.6. The standard InChI is InChI=1S/C26H45O8S2.C5H11O2.Y/c1-3-22(35-18-15-24(29)30)13-11-20(28)8-7-10-26(33)34-21(9-5-6-17-27)12-14-23(4-2)36-19-16-25(31)32;1-3-7-5-4-6-2;/h20-23,28H,3-16,18-19H2,1-2H3,(H,29,30)(H,31,32);1,3-5H2,2H3;/q2*-1;. The number of unbranched alkanes of at least 4 members (excludes halogenated alkanes) is 1. The van der Waals surface area contributed by atoms with Crippen molar-refractivity contribution in [1.29, 1.82) is 0 Å². The fourth-order valence-corrected chi connectivity index (χ4v) is 6.29. The van der Waals surface area contributed by atoms with E-state index in [4.69, 9.17) is 24.4 Å². The van der Waals surface area contributed by atoms with Crippen LogP contribution in [0.2, 0.25) is 0 Å². The van der Waals surface area contributed by atoms with Crippen molar-refractivity contribution < 1.29 is 81.4 Å². The number of rotatable bonds is 29. The average molecular weight is 742 g/mol. The summed E-state index contributed by atoms with van der Waals surface area (Å²) in [6, 6.07) is 0. The fourth-order valence-electron chi connectivity index (χ4n) is 3.97. The molecule has 0 amide bonds. The Labute approximate surface area is 299 Å². The number of carbonyl (C=O) groups is 3. The molecule has 0 saturated carbocycles. The molecule has 0 saturated heterocycles. The Morgan fingerprint density at radius 1 is 0.818 bits per heavy atom. The molecule has 0 aromatic carbocycles. The van der Waals surface area contributed by atoms with Gasteiger partial charge < -0.3 is 41.2 Å². The van der Waals surface area contributed by atoms with Gasteiger partial charge in [0.15, 0.2) is 0 Å². The number of hydrogen-bond donors (Lipinski definition) is 3. The first kappa shape index (κ1) is 48.2. The minimum Gasteiger partial charge on any atom is -0.542 e. The van der Waals surface area contributed by atoms with Crippen LogP contribution in [-0.2, 0) is 66.1 Å². The molecule has 0 spiro atoms. The number of ether oxygens (including phenoxy) is 3. The number of aliphatic carboxylic acids is 2. The van der Waals surface area contributed by atoms with Gasteiger partial charge in [0.2, 0.25) is 0 Å². The third kappa shape index (κ3) is 34.6. The molecule has 13 heteroatoms. The molecule has 4 unspecified atom stereocenters. The molecule has 0 aliphatic carbocycles. The normalized spacial score (nSPS) is 13.4. The van der Waals surface area contributed by atoms with Gasteiger partial charge in [-0.1, -0.05) is 26.9 Å². The topological polar surface area (TPSA) is 157 Å². The minimum atomic E-state index is -0.806. The Hall–Kier alpha value is -0.236. The summed E-state index contributed by atoms with van der Waals surface area (Å²) < 4.78 is 15.2. The zero-order valence-electron chi connectivity index (χ0n) is 27.0. The number of esters is 1. The van der Waals surface area contributed by atoms with E-state index in [-0.39, 0.29) is 64.0 Å². The van der Waals surface area contributed by atoms with Crippen LogP contribution in [0.3, 0.4) is 0 Å². The molecular weight excluding hydrogens is 685 g/mol. The third-order valence-electron chi connectivity index (χ3n) is 6.48. The SMILES string of the molecule is CCC(CCC(O)CCCC(=O)OC(CCC[C-]=O)CCC(CC)SCCC(=O)O)SCCC(=O)O.[CH2-]COCCOC.[Y]. The van der Waals surface area contributed by atoms with Crippen LogP contribution in [0.25, 0.3) is 0 Å². The van der Waals surface area contributed by atoms with E-state index in [9.17, 15) is 24.3 Å². The summed E-state index contributed by atoms with van der Waals surface area (Å²) in [7, 11) is 1.65. The molecule has 10 nitrogen and oxygen atoms in total. The summed E-state index contributed by atoms with van der Waals surface area (Å²) in [6.07, 6.45) is 8.86. The number of hydrogen-bond acceptors (Lipinski definition) is 10. The average Bonchev–Trinajstić information content (AvgIpc) is 2.96. The van der Waals surface area contributed by atoms with Crippen molar-refractivity contribution in [2.24, 2.45) is 0 Å². The van der Waals surface area contributed by atoms with Gasteiger partial charge in [-0.2, -0.15) is 29.9 Å². The molecule has 0 aromatic rings. The van der Waals surface area contributed by atoms with Gasteiger partial charge in [0.1, 0.15) is 6.10 Å². The molecule has 257 valence electrons. The second-order valence-corrected chi connectivity index (χ2v) is 12.9.